The molecule has 2 rings (SSSR count). The maximum absolute atomic E-state index is 13.6. The second-order valence-corrected chi connectivity index (χ2v) is 4.41. The molecule has 0 saturated carbocycles. The molecule has 0 aliphatic heterocycles. The third-order valence-corrected chi connectivity index (χ3v) is 2.99. The Balaban J connectivity index is 2.19. The molecular formula is C13H13ClFNO. The summed E-state index contributed by atoms with van der Waals surface area (Å²) in [6, 6.07) is 6.16. The van der Waals surface area contributed by atoms with Crippen LogP contribution in [0.2, 0.25) is 5.02 Å². The molecule has 2 nitrogen and oxygen atoms in total. The summed E-state index contributed by atoms with van der Waals surface area (Å²) < 4.78 is 18.8. The number of rotatable bonds is 3. The van der Waals surface area contributed by atoms with Crippen LogP contribution in [-0.4, -0.2) is 0 Å². The maximum atomic E-state index is 13.6. The van der Waals surface area contributed by atoms with Gasteiger partial charge in [0.25, 0.3) is 0 Å². The molecule has 2 aromatic rings. The van der Waals surface area contributed by atoms with Crippen LogP contribution in [0.1, 0.15) is 22.9 Å². The van der Waals surface area contributed by atoms with Crippen molar-refractivity contribution < 1.29 is 8.81 Å². The van der Waals surface area contributed by atoms with Gasteiger partial charge in [0, 0.05) is 16.6 Å². The molecule has 0 saturated heterocycles. The molecule has 1 aromatic heterocycles. The average molecular weight is 254 g/mol. The monoisotopic (exact) mass is 253 g/mol. The smallest absolute Gasteiger partial charge is 0.127 e. The lowest BCUT2D eigenvalue weighted by atomic mass is 10.00. The number of benzene rings is 1. The molecule has 0 amide bonds. The van der Waals surface area contributed by atoms with E-state index in [2.05, 4.69) is 0 Å². The highest BCUT2D eigenvalue weighted by Crippen LogP contribution is 2.23. The number of nitrogens with two attached hydrogens (primary N) is 1. The fraction of sp³-hybridized carbons (Fsp3) is 0.231. The molecule has 0 bridgehead atoms. The van der Waals surface area contributed by atoms with Crippen LogP contribution in [0.5, 0.6) is 0 Å². The Kier molecular flexibility index (Phi) is 3.50. The summed E-state index contributed by atoms with van der Waals surface area (Å²) in [7, 11) is 0. The van der Waals surface area contributed by atoms with Crippen molar-refractivity contribution in [1.82, 2.24) is 0 Å². The number of halogens is 2. The van der Waals surface area contributed by atoms with Gasteiger partial charge in [-0.2, -0.15) is 0 Å². The Bertz CT molecular complexity index is 524. The normalized spacial score (nSPS) is 12.7. The Morgan fingerprint density at radius 3 is 2.76 bits per heavy atom. The second-order valence-electron chi connectivity index (χ2n) is 3.98. The van der Waals surface area contributed by atoms with Crippen molar-refractivity contribution in [1.29, 1.82) is 0 Å². The minimum Gasteiger partial charge on any atom is -0.469 e. The lowest BCUT2D eigenvalue weighted by Gasteiger charge is -2.11. The van der Waals surface area contributed by atoms with E-state index in [0.717, 1.165) is 11.3 Å². The van der Waals surface area contributed by atoms with Gasteiger partial charge >= 0.3 is 0 Å². The molecule has 0 aliphatic carbocycles. The highest BCUT2D eigenvalue weighted by Gasteiger charge is 2.14. The lowest BCUT2D eigenvalue weighted by molar-refractivity contribution is 0.522. The van der Waals surface area contributed by atoms with Crippen molar-refractivity contribution in [2.75, 3.05) is 0 Å². The van der Waals surface area contributed by atoms with E-state index in [0.29, 0.717) is 17.0 Å². The van der Waals surface area contributed by atoms with Gasteiger partial charge in [-0.15, -0.1) is 0 Å². The van der Waals surface area contributed by atoms with Gasteiger partial charge in [0.2, 0.25) is 0 Å². The van der Waals surface area contributed by atoms with Gasteiger partial charge < -0.3 is 10.2 Å². The quantitative estimate of drug-likeness (QED) is 0.907. The maximum Gasteiger partial charge on any atom is 0.127 e. The Morgan fingerprint density at radius 2 is 2.18 bits per heavy atom. The molecule has 17 heavy (non-hydrogen) atoms. The number of hydrogen-bond donors (Lipinski definition) is 1. The standard InChI is InChI=1S/C13H13ClFNO/c1-8-11(4-5-17-8)13(16)6-9-2-3-10(14)7-12(9)15/h2-5,7,13H,6,16H2,1H3. The molecule has 0 spiro atoms. The summed E-state index contributed by atoms with van der Waals surface area (Å²) in [5, 5.41) is 0.388. The van der Waals surface area contributed by atoms with Crippen LogP contribution in [-0.2, 0) is 6.42 Å². The highest BCUT2D eigenvalue weighted by molar-refractivity contribution is 6.30. The first kappa shape index (κ1) is 12.1. The summed E-state index contributed by atoms with van der Waals surface area (Å²) >= 11 is 5.69. The molecule has 1 aromatic carbocycles. The first-order chi connectivity index (χ1) is 8.08. The molecule has 1 heterocycles. The van der Waals surface area contributed by atoms with E-state index < -0.39 is 0 Å². The van der Waals surface area contributed by atoms with Crippen LogP contribution in [0, 0.1) is 12.7 Å². The predicted molar refractivity (Wildman–Crippen MR) is 65.5 cm³/mol. The molecule has 4 heteroatoms. The summed E-state index contributed by atoms with van der Waals surface area (Å²) in [5.74, 6) is 0.445. The molecule has 0 radical (unpaired) electrons. The molecular weight excluding hydrogens is 241 g/mol. The summed E-state index contributed by atoms with van der Waals surface area (Å²) in [5.41, 5.74) is 7.48. The largest absolute Gasteiger partial charge is 0.469 e. The van der Waals surface area contributed by atoms with Crippen molar-refractivity contribution in [3.05, 3.63) is 58.3 Å². The lowest BCUT2D eigenvalue weighted by Crippen LogP contribution is -2.14. The zero-order valence-corrected chi connectivity index (χ0v) is 10.2. The molecule has 0 aliphatic rings. The number of aryl methyl sites for hydroxylation is 1. The predicted octanol–water partition coefficient (Wildman–Crippen LogP) is 3.62. The molecule has 2 N–H and O–H groups in total. The van der Waals surface area contributed by atoms with E-state index >= 15 is 0 Å². The third kappa shape index (κ3) is 2.68. The third-order valence-electron chi connectivity index (χ3n) is 2.75. The fourth-order valence-electron chi connectivity index (χ4n) is 1.81. The SMILES string of the molecule is Cc1occc1C(N)Cc1ccc(Cl)cc1F. The first-order valence-corrected chi connectivity index (χ1v) is 5.69. The van der Waals surface area contributed by atoms with Gasteiger partial charge in [0.1, 0.15) is 11.6 Å². The van der Waals surface area contributed by atoms with Crippen LogP contribution in [0.15, 0.2) is 34.9 Å². The van der Waals surface area contributed by atoms with Crippen LogP contribution in [0.25, 0.3) is 0 Å². The van der Waals surface area contributed by atoms with Gasteiger partial charge in [0.15, 0.2) is 0 Å². The zero-order valence-electron chi connectivity index (χ0n) is 9.41. The highest BCUT2D eigenvalue weighted by atomic mass is 35.5. The number of furan rings is 1. The Hall–Kier alpha value is -1.32. The molecule has 0 fully saturated rings. The average Bonchev–Trinajstić information content (AvgIpc) is 2.68. The van der Waals surface area contributed by atoms with Crippen LogP contribution in [0.3, 0.4) is 0 Å². The van der Waals surface area contributed by atoms with E-state index in [-0.39, 0.29) is 11.9 Å². The fourth-order valence-corrected chi connectivity index (χ4v) is 1.97. The zero-order chi connectivity index (χ0) is 12.4. The second kappa shape index (κ2) is 4.90. The topological polar surface area (TPSA) is 39.2 Å². The molecule has 1 unspecified atom stereocenters. The van der Waals surface area contributed by atoms with Crippen molar-refractivity contribution in [3.63, 3.8) is 0 Å². The van der Waals surface area contributed by atoms with Crippen molar-refractivity contribution in [3.8, 4) is 0 Å². The van der Waals surface area contributed by atoms with E-state index in [1.807, 2.05) is 13.0 Å². The van der Waals surface area contributed by atoms with Crippen molar-refractivity contribution >= 4 is 11.6 Å². The number of hydrogen-bond acceptors (Lipinski definition) is 2. The van der Waals surface area contributed by atoms with Gasteiger partial charge in [-0.1, -0.05) is 17.7 Å². The van der Waals surface area contributed by atoms with Gasteiger partial charge in [0.05, 0.1) is 6.26 Å². The van der Waals surface area contributed by atoms with Crippen LogP contribution < -0.4 is 5.73 Å². The summed E-state index contributed by atoms with van der Waals surface area (Å²) in [4.78, 5) is 0. The van der Waals surface area contributed by atoms with Crippen molar-refractivity contribution in [2.45, 2.75) is 19.4 Å². The summed E-state index contributed by atoms with van der Waals surface area (Å²) in [6.07, 6.45) is 2.01. The minimum atomic E-state index is -0.325. The van der Waals surface area contributed by atoms with E-state index in [9.17, 15) is 4.39 Å². The van der Waals surface area contributed by atoms with E-state index in [1.54, 1.807) is 18.4 Å². The summed E-state index contributed by atoms with van der Waals surface area (Å²) in [6.45, 7) is 1.84. The van der Waals surface area contributed by atoms with Crippen LogP contribution >= 0.6 is 11.6 Å². The minimum absolute atomic E-state index is 0.274. The van der Waals surface area contributed by atoms with Gasteiger partial charge in [-0.05, 0) is 37.1 Å². The van der Waals surface area contributed by atoms with E-state index in [4.69, 9.17) is 21.8 Å². The van der Waals surface area contributed by atoms with Gasteiger partial charge in [-0.25, -0.2) is 4.39 Å². The Labute approximate surface area is 104 Å². The molecule has 1 atom stereocenters. The molecule has 90 valence electrons. The van der Waals surface area contributed by atoms with E-state index in [1.165, 1.54) is 6.07 Å². The van der Waals surface area contributed by atoms with Crippen molar-refractivity contribution in [2.24, 2.45) is 5.73 Å². The Morgan fingerprint density at radius 1 is 1.41 bits per heavy atom. The van der Waals surface area contributed by atoms with Gasteiger partial charge in [-0.3, -0.25) is 0 Å². The first-order valence-electron chi connectivity index (χ1n) is 5.31. The van der Waals surface area contributed by atoms with Crippen LogP contribution in [0.4, 0.5) is 4.39 Å².